The largest absolute Gasteiger partial charge is 0.494 e. The third-order valence-corrected chi connectivity index (χ3v) is 3.57. The van der Waals surface area contributed by atoms with Gasteiger partial charge < -0.3 is 15.2 Å². The first kappa shape index (κ1) is 16.1. The van der Waals surface area contributed by atoms with Gasteiger partial charge in [-0.1, -0.05) is 6.07 Å². The number of hydrogen-bond acceptors (Lipinski definition) is 6. The van der Waals surface area contributed by atoms with E-state index < -0.39 is 18.6 Å². The van der Waals surface area contributed by atoms with Crippen molar-refractivity contribution in [2.75, 3.05) is 13.2 Å². The lowest BCUT2D eigenvalue weighted by Gasteiger charge is -2.29. The van der Waals surface area contributed by atoms with Gasteiger partial charge in [-0.2, -0.15) is 0 Å². The van der Waals surface area contributed by atoms with E-state index in [0.29, 0.717) is 23.5 Å². The minimum atomic E-state index is -3.19. The molecule has 1 unspecified atom stereocenters. The van der Waals surface area contributed by atoms with Crippen molar-refractivity contribution in [2.45, 2.75) is 18.9 Å². The van der Waals surface area contributed by atoms with Gasteiger partial charge in [0.2, 0.25) is 0 Å². The summed E-state index contributed by atoms with van der Waals surface area (Å²) in [6.45, 7) is 1.30. The molecular weight excluding hydrogens is 318 g/mol. The molecule has 1 aliphatic heterocycles. The number of rotatable bonds is 4. The molecule has 126 valence electrons. The van der Waals surface area contributed by atoms with Crippen molar-refractivity contribution < 1.29 is 18.3 Å². The lowest BCUT2D eigenvalue weighted by atomic mass is 9.96. The maximum atomic E-state index is 14.3. The highest BCUT2D eigenvalue weighted by Gasteiger charge is 2.46. The van der Waals surface area contributed by atoms with E-state index in [1.807, 2.05) is 0 Å². The summed E-state index contributed by atoms with van der Waals surface area (Å²) in [6.07, 6.45) is 4.61. The molecular formula is C16H16F2N4O2. The highest BCUT2D eigenvalue weighted by molar-refractivity contribution is 5.73. The Labute approximate surface area is 137 Å². The quantitative estimate of drug-likeness (QED) is 0.929. The van der Waals surface area contributed by atoms with Crippen LogP contribution in [0.2, 0.25) is 0 Å². The summed E-state index contributed by atoms with van der Waals surface area (Å²) < 4.78 is 38.8. The fourth-order valence-electron chi connectivity index (χ4n) is 2.48. The van der Waals surface area contributed by atoms with Crippen LogP contribution in [0.3, 0.4) is 0 Å². The fourth-order valence-corrected chi connectivity index (χ4v) is 2.48. The van der Waals surface area contributed by atoms with Crippen LogP contribution >= 0.6 is 0 Å². The van der Waals surface area contributed by atoms with Crippen LogP contribution < -0.4 is 10.5 Å². The van der Waals surface area contributed by atoms with Crippen molar-refractivity contribution in [3.05, 3.63) is 42.5 Å². The molecule has 6 nitrogen and oxygen atoms in total. The second-order valence-electron chi connectivity index (χ2n) is 5.23. The van der Waals surface area contributed by atoms with Gasteiger partial charge in [0, 0.05) is 23.5 Å². The molecule has 1 aliphatic rings. The van der Waals surface area contributed by atoms with Crippen molar-refractivity contribution in [3.8, 4) is 16.9 Å². The van der Waals surface area contributed by atoms with Gasteiger partial charge in [-0.3, -0.25) is 0 Å². The summed E-state index contributed by atoms with van der Waals surface area (Å²) in [5, 5.41) is 0. The van der Waals surface area contributed by atoms with Gasteiger partial charge >= 0.3 is 5.92 Å². The Morgan fingerprint density at radius 3 is 2.75 bits per heavy atom. The molecule has 0 fully saturated rings. The number of aliphatic imine (C=N–C) groups is 1. The van der Waals surface area contributed by atoms with Crippen LogP contribution in [0.15, 0.2) is 41.9 Å². The van der Waals surface area contributed by atoms with Crippen LogP contribution in [0.4, 0.5) is 8.78 Å². The highest BCUT2D eigenvalue weighted by atomic mass is 19.3. The molecule has 0 bridgehead atoms. The van der Waals surface area contributed by atoms with Gasteiger partial charge in [0.25, 0.3) is 6.02 Å². The van der Waals surface area contributed by atoms with E-state index >= 15 is 0 Å². The number of aromatic nitrogens is 2. The van der Waals surface area contributed by atoms with E-state index in [-0.39, 0.29) is 11.6 Å². The van der Waals surface area contributed by atoms with Crippen LogP contribution in [0.25, 0.3) is 11.1 Å². The molecule has 0 amide bonds. The van der Waals surface area contributed by atoms with Crippen molar-refractivity contribution in [3.63, 3.8) is 0 Å². The maximum absolute atomic E-state index is 14.3. The zero-order valence-corrected chi connectivity index (χ0v) is 12.9. The minimum Gasteiger partial charge on any atom is -0.494 e. The topological polar surface area (TPSA) is 82.6 Å². The van der Waals surface area contributed by atoms with Crippen molar-refractivity contribution in [2.24, 2.45) is 10.7 Å². The van der Waals surface area contributed by atoms with E-state index in [2.05, 4.69) is 19.7 Å². The lowest BCUT2D eigenvalue weighted by Crippen LogP contribution is -2.39. The predicted octanol–water partition coefficient (Wildman–Crippen LogP) is 2.56. The summed E-state index contributed by atoms with van der Waals surface area (Å²) in [4.78, 5) is 11.7. The zero-order valence-electron chi connectivity index (χ0n) is 12.9. The number of nitrogens with zero attached hydrogens (tertiary/aromatic N) is 3. The molecule has 2 N–H and O–H groups in total. The number of hydrogen-bond donors (Lipinski definition) is 1. The van der Waals surface area contributed by atoms with E-state index in [9.17, 15) is 8.78 Å². The normalized spacial score (nSPS) is 19.3. The van der Waals surface area contributed by atoms with Crippen LogP contribution in [0.5, 0.6) is 5.75 Å². The zero-order chi connectivity index (χ0) is 17.2. The van der Waals surface area contributed by atoms with Gasteiger partial charge in [-0.05, 0) is 24.6 Å². The standard InChI is InChI=1S/C16H16F2N4O2/c1-2-23-13-4-3-10(11-6-20-9-21-7-11)5-12(13)14-16(17,18)8-24-15(19)22-14/h3-7,9,14H,2,8H2,1H3,(H2,19,22). The first-order chi connectivity index (χ1) is 11.5. The van der Waals surface area contributed by atoms with Gasteiger partial charge in [0.15, 0.2) is 12.6 Å². The number of alkyl halides is 2. The summed E-state index contributed by atoms with van der Waals surface area (Å²) in [6, 6.07) is 3.26. The molecule has 0 saturated heterocycles. The molecule has 3 rings (SSSR count). The van der Waals surface area contributed by atoms with Crippen LogP contribution in [-0.2, 0) is 4.74 Å². The first-order valence-corrected chi connectivity index (χ1v) is 7.37. The average Bonchev–Trinajstić information content (AvgIpc) is 2.59. The van der Waals surface area contributed by atoms with Crippen molar-refractivity contribution in [1.82, 2.24) is 9.97 Å². The number of amidine groups is 1. The average molecular weight is 334 g/mol. The Hall–Kier alpha value is -2.77. The Bertz CT molecular complexity index is 753. The number of nitrogens with two attached hydrogens (primary N) is 1. The third-order valence-electron chi connectivity index (χ3n) is 3.57. The predicted molar refractivity (Wildman–Crippen MR) is 83.9 cm³/mol. The fraction of sp³-hybridized carbons (Fsp3) is 0.312. The molecule has 24 heavy (non-hydrogen) atoms. The van der Waals surface area contributed by atoms with Gasteiger partial charge in [0.05, 0.1) is 6.61 Å². The van der Waals surface area contributed by atoms with Gasteiger partial charge in [-0.15, -0.1) is 0 Å². The Morgan fingerprint density at radius 1 is 1.29 bits per heavy atom. The highest BCUT2D eigenvalue weighted by Crippen LogP contribution is 2.42. The molecule has 0 saturated carbocycles. The molecule has 0 spiro atoms. The Balaban J connectivity index is 2.11. The number of halogens is 2. The molecule has 1 aromatic carbocycles. The molecule has 2 heterocycles. The van der Waals surface area contributed by atoms with Crippen LogP contribution in [-0.4, -0.2) is 35.1 Å². The maximum Gasteiger partial charge on any atom is 0.307 e. The number of ether oxygens (including phenoxy) is 2. The van der Waals surface area contributed by atoms with E-state index in [0.717, 1.165) is 0 Å². The smallest absolute Gasteiger partial charge is 0.307 e. The first-order valence-electron chi connectivity index (χ1n) is 7.37. The van der Waals surface area contributed by atoms with Crippen molar-refractivity contribution >= 4 is 6.02 Å². The van der Waals surface area contributed by atoms with Crippen molar-refractivity contribution in [1.29, 1.82) is 0 Å². The lowest BCUT2D eigenvalue weighted by molar-refractivity contribution is -0.0786. The molecule has 0 aliphatic carbocycles. The monoisotopic (exact) mass is 334 g/mol. The van der Waals surface area contributed by atoms with E-state index in [1.54, 1.807) is 37.5 Å². The van der Waals surface area contributed by atoms with Gasteiger partial charge in [-0.25, -0.2) is 23.7 Å². The third kappa shape index (κ3) is 3.12. The Kier molecular flexibility index (Phi) is 4.28. The minimum absolute atomic E-state index is 0.245. The van der Waals surface area contributed by atoms with E-state index in [4.69, 9.17) is 10.5 Å². The SMILES string of the molecule is CCOc1ccc(-c2cncnc2)cc1C1N=C(N)OCC1(F)F. The molecule has 1 aromatic heterocycles. The Morgan fingerprint density at radius 2 is 2.04 bits per heavy atom. The summed E-state index contributed by atoms with van der Waals surface area (Å²) in [5.74, 6) is -2.86. The molecule has 2 aromatic rings. The molecule has 0 radical (unpaired) electrons. The van der Waals surface area contributed by atoms with Crippen LogP contribution in [0.1, 0.15) is 18.5 Å². The second kappa shape index (κ2) is 6.38. The van der Waals surface area contributed by atoms with E-state index in [1.165, 1.54) is 6.33 Å². The summed E-state index contributed by atoms with van der Waals surface area (Å²) in [7, 11) is 0. The summed E-state index contributed by atoms with van der Waals surface area (Å²) in [5.41, 5.74) is 7.12. The van der Waals surface area contributed by atoms with Crippen LogP contribution in [0, 0.1) is 0 Å². The number of benzene rings is 1. The molecule has 8 heteroatoms. The summed E-state index contributed by atoms with van der Waals surface area (Å²) >= 11 is 0. The molecule has 1 atom stereocenters. The van der Waals surface area contributed by atoms with Gasteiger partial charge in [0.1, 0.15) is 12.1 Å². The second-order valence-corrected chi connectivity index (χ2v) is 5.23.